The van der Waals surface area contributed by atoms with Crippen molar-refractivity contribution in [3.63, 3.8) is 0 Å². The van der Waals surface area contributed by atoms with Crippen LogP contribution in [0.25, 0.3) is 0 Å². The summed E-state index contributed by atoms with van der Waals surface area (Å²) in [4.78, 5) is 1.06. The van der Waals surface area contributed by atoms with Gasteiger partial charge in [0.05, 0.1) is 12.1 Å². The standard InChI is InChI=1S/C14H26N2O3S2/c1-11(2)15-9-8-12-6-7-13(20-12)21(17,18)16-14(3,4)10-19-5/h6-7,11,15-16H,8-10H2,1-5H3. The van der Waals surface area contributed by atoms with E-state index in [1.54, 1.807) is 27.0 Å². The molecule has 0 saturated carbocycles. The molecule has 0 aliphatic carbocycles. The molecule has 1 aromatic heterocycles. The maximum absolute atomic E-state index is 12.3. The molecule has 0 atom stereocenters. The van der Waals surface area contributed by atoms with Crippen molar-refractivity contribution in [1.29, 1.82) is 0 Å². The van der Waals surface area contributed by atoms with Gasteiger partial charge < -0.3 is 10.1 Å². The lowest BCUT2D eigenvalue weighted by Crippen LogP contribution is -2.46. The summed E-state index contributed by atoms with van der Waals surface area (Å²) in [5, 5.41) is 3.32. The molecule has 21 heavy (non-hydrogen) atoms. The summed E-state index contributed by atoms with van der Waals surface area (Å²) in [7, 11) is -1.94. The largest absolute Gasteiger partial charge is 0.383 e. The van der Waals surface area contributed by atoms with Gasteiger partial charge in [-0.25, -0.2) is 13.1 Å². The van der Waals surface area contributed by atoms with Gasteiger partial charge in [0.15, 0.2) is 0 Å². The topological polar surface area (TPSA) is 67.4 Å². The molecule has 1 heterocycles. The SMILES string of the molecule is COCC(C)(C)NS(=O)(=O)c1ccc(CCNC(C)C)s1. The Kier molecular flexibility index (Phi) is 6.80. The molecule has 0 saturated heterocycles. The van der Waals surface area contributed by atoms with E-state index in [1.807, 2.05) is 6.07 Å². The highest BCUT2D eigenvalue weighted by atomic mass is 32.2. The Morgan fingerprint density at radius 2 is 2.00 bits per heavy atom. The van der Waals surface area contributed by atoms with Crippen LogP contribution in [-0.2, 0) is 21.2 Å². The average Bonchev–Trinajstić information content (AvgIpc) is 2.76. The summed E-state index contributed by atoms with van der Waals surface area (Å²) in [5.41, 5.74) is -0.628. The number of sulfonamides is 1. The van der Waals surface area contributed by atoms with Crippen molar-refractivity contribution in [3.05, 3.63) is 17.0 Å². The van der Waals surface area contributed by atoms with Gasteiger partial charge in [-0.2, -0.15) is 0 Å². The van der Waals surface area contributed by atoms with Crippen LogP contribution in [0.15, 0.2) is 16.3 Å². The van der Waals surface area contributed by atoms with Gasteiger partial charge in [-0.3, -0.25) is 0 Å². The first-order valence-corrected chi connectivity index (χ1v) is 9.31. The number of nitrogens with one attached hydrogen (secondary N) is 2. The number of rotatable bonds is 9. The fourth-order valence-electron chi connectivity index (χ4n) is 1.93. The van der Waals surface area contributed by atoms with E-state index in [-0.39, 0.29) is 0 Å². The highest BCUT2D eigenvalue weighted by molar-refractivity contribution is 7.91. The van der Waals surface area contributed by atoms with Gasteiger partial charge in [-0.05, 0) is 32.4 Å². The molecule has 0 aliphatic heterocycles. The Morgan fingerprint density at radius 3 is 2.57 bits per heavy atom. The molecule has 0 fully saturated rings. The number of thiophene rings is 1. The molecule has 1 rings (SSSR count). The lowest BCUT2D eigenvalue weighted by molar-refractivity contribution is 0.141. The third-order valence-corrected chi connectivity index (χ3v) is 6.08. The van der Waals surface area contributed by atoms with Crippen molar-refractivity contribution in [2.45, 2.75) is 49.9 Å². The highest BCUT2D eigenvalue weighted by Crippen LogP contribution is 2.23. The maximum Gasteiger partial charge on any atom is 0.250 e. The predicted octanol–water partition coefficient (Wildman–Crippen LogP) is 1.99. The Morgan fingerprint density at radius 1 is 1.33 bits per heavy atom. The zero-order valence-electron chi connectivity index (χ0n) is 13.4. The van der Waals surface area contributed by atoms with Crippen LogP contribution in [0.1, 0.15) is 32.6 Å². The van der Waals surface area contributed by atoms with Crippen molar-refractivity contribution in [2.75, 3.05) is 20.3 Å². The second-order valence-corrected chi connectivity index (χ2v) is 9.08. The fourth-order valence-corrected chi connectivity index (χ4v) is 4.68. The number of hydrogen-bond acceptors (Lipinski definition) is 5. The van der Waals surface area contributed by atoms with Crippen molar-refractivity contribution >= 4 is 21.4 Å². The van der Waals surface area contributed by atoms with Crippen LogP contribution < -0.4 is 10.0 Å². The van der Waals surface area contributed by atoms with Crippen LogP contribution in [0.5, 0.6) is 0 Å². The lowest BCUT2D eigenvalue weighted by Gasteiger charge is -2.24. The molecular formula is C14H26N2O3S2. The molecule has 7 heteroatoms. The average molecular weight is 335 g/mol. The fraction of sp³-hybridized carbons (Fsp3) is 0.714. The molecule has 122 valence electrons. The van der Waals surface area contributed by atoms with Crippen molar-refractivity contribution in [1.82, 2.24) is 10.0 Å². The molecule has 1 aromatic rings. The minimum absolute atomic E-state index is 0.322. The number of methoxy groups -OCH3 is 1. The molecule has 0 aromatic carbocycles. The van der Waals surface area contributed by atoms with E-state index in [0.29, 0.717) is 16.9 Å². The predicted molar refractivity (Wildman–Crippen MR) is 87.4 cm³/mol. The zero-order chi connectivity index (χ0) is 16.1. The number of ether oxygens (including phenoxy) is 1. The Hall–Kier alpha value is -0.470. The van der Waals surface area contributed by atoms with E-state index in [2.05, 4.69) is 23.9 Å². The quantitative estimate of drug-likeness (QED) is 0.725. The van der Waals surface area contributed by atoms with Gasteiger partial charge in [-0.15, -0.1) is 11.3 Å². The molecule has 0 unspecified atom stereocenters. The first-order chi connectivity index (χ1) is 9.66. The maximum atomic E-state index is 12.3. The van der Waals surface area contributed by atoms with Crippen LogP contribution in [0.3, 0.4) is 0 Å². The summed E-state index contributed by atoms with van der Waals surface area (Å²) >= 11 is 1.32. The molecule has 0 radical (unpaired) electrons. The van der Waals surface area contributed by atoms with Crippen molar-refractivity contribution in [3.8, 4) is 0 Å². The van der Waals surface area contributed by atoms with E-state index in [4.69, 9.17) is 4.74 Å². The van der Waals surface area contributed by atoms with E-state index >= 15 is 0 Å². The summed E-state index contributed by atoms with van der Waals surface area (Å²) in [6.07, 6.45) is 0.833. The smallest absolute Gasteiger partial charge is 0.250 e. The highest BCUT2D eigenvalue weighted by Gasteiger charge is 2.27. The van der Waals surface area contributed by atoms with Crippen molar-refractivity contribution < 1.29 is 13.2 Å². The molecule has 2 N–H and O–H groups in total. The third-order valence-electron chi connectivity index (χ3n) is 2.74. The zero-order valence-corrected chi connectivity index (χ0v) is 15.0. The van der Waals surface area contributed by atoms with Crippen LogP contribution >= 0.6 is 11.3 Å². The van der Waals surface area contributed by atoms with Crippen LogP contribution in [0, 0.1) is 0 Å². The van der Waals surface area contributed by atoms with Gasteiger partial charge in [0, 0.05) is 24.6 Å². The Labute approximate surface area is 132 Å². The van der Waals surface area contributed by atoms with E-state index < -0.39 is 15.6 Å². The lowest BCUT2D eigenvalue weighted by atomic mass is 10.1. The summed E-state index contributed by atoms with van der Waals surface area (Å²) < 4.78 is 32.8. The third kappa shape index (κ3) is 6.44. The first-order valence-electron chi connectivity index (χ1n) is 7.01. The van der Waals surface area contributed by atoms with Crippen LogP contribution in [0.2, 0.25) is 0 Å². The molecular weight excluding hydrogens is 308 g/mol. The first kappa shape index (κ1) is 18.6. The summed E-state index contributed by atoms with van der Waals surface area (Å²) in [6.45, 7) is 8.95. The van der Waals surface area contributed by atoms with Crippen molar-refractivity contribution in [2.24, 2.45) is 0 Å². The second-order valence-electron chi connectivity index (χ2n) is 6.00. The van der Waals surface area contributed by atoms with Crippen LogP contribution in [-0.4, -0.2) is 40.3 Å². The molecule has 0 aliphatic rings. The minimum atomic E-state index is -3.49. The second kappa shape index (κ2) is 7.69. The molecule has 5 nitrogen and oxygen atoms in total. The minimum Gasteiger partial charge on any atom is -0.383 e. The van der Waals surface area contributed by atoms with Gasteiger partial charge in [0.25, 0.3) is 10.0 Å². The van der Waals surface area contributed by atoms with E-state index in [1.165, 1.54) is 11.3 Å². The monoisotopic (exact) mass is 334 g/mol. The Bertz CT molecular complexity index is 536. The van der Waals surface area contributed by atoms with Gasteiger partial charge in [0.2, 0.25) is 0 Å². The van der Waals surface area contributed by atoms with E-state index in [9.17, 15) is 8.42 Å². The molecule has 0 bridgehead atoms. The van der Waals surface area contributed by atoms with E-state index in [0.717, 1.165) is 17.8 Å². The Balaban J connectivity index is 2.70. The normalized spacial score (nSPS) is 13.0. The molecule has 0 amide bonds. The van der Waals surface area contributed by atoms with Gasteiger partial charge in [-0.1, -0.05) is 13.8 Å². The molecule has 0 spiro atoms. The van der Waals surface area contributed by atoms with Gasteiger partial charge in [0.1, 0.15) is 4.21 Å². The number of hydrogen-bond donors (Lipinski definition) is 2. The van der Waals surface area contributed by atoms with Gasteiger partial charge >= 0.3 is 0 Å². The van der Waals surface area contributed by atoms with Crippen LogP contribution in [0.4, 0.5) is 0 Å². The summed E-state index contributed by atoms with van der Waals surface area (Å²) in [6, 6.07) is 3.98. The summed E-state index contributed by atoms with van der Waals surface area (Å²) in [5.74, 6) is 0.